The summed E-state index contributed by atoms with van der Waals surface area (Å²) in [7, 11) is -3.84. The van der Waals surface area contributed by atoms with Crippen LogP contribution in [0.2, 0.25) is 0 Å². The van der Waals surface area contributed by atoms with Crippen LogP contribution in [0.1, 0.15) is 43.0 Å². The summed E-state index contributed by atoms with van der Waals surface area (Å²) in [5.41, 5.74) is 2.79. The van der Waals surface area contributed by atoms with Gasteiger partial charge in [0.25, 0.3) is 15.9 Å². The second kappa shape index (κ2) is 10.4. The molecular formula is C28H31N3O4S. The third-order valence-electron chi connectivity index (χ3n) is 7.06. The van der Waals surface area contributed by atoms with Gasteiger partial charge in [-0.1, -0.05) is 29.8 Å². The average Bonchev–Trinajstić information content (AvgIpc) is 3.41. The molecule has 3 heterocycles. The van der Waals surface area contributed by atoms with E-state index in [2.05, 4.69) is 22.7 Å². The quantitative estimate of drug-likeness (QED) is 0.476. The molecule has 0 bridgehead atoms. The molecule has 188 valence electrons. The molecule has 36 heavy (non-hydrogen) atoms. The highest BCUT2D eigenvalue weighted by Crippen LogP contribution is 2.27. The fourth-order valence-electron chi connectivity index (χ4n) is 5.02. The molecule has 0 aliphatic carbocycles. The van der Waals surface area contributed by atoms with Crippen LogP contribution in [0.4, 0.5) is 5.69 Å². The van der Waals surface area contributed by atoms with Crippen LogP contribution in [-0.2, 0) is 14.8 Å². The molecule has 0 radical (unpaired) electrons. The van der Waals surface area contributed by atoms with Gasteiger partial charge in [-0.2, -0.15) is 0 Å². The summed E-state index contributed by atoms with van der Waals surface area (Å²) in [6.45, 7) is 4.50. The van der Waals surface area contributed by atoms with Crippen LogP contribution in [0.25, 0.3) is 10.9 Å². The van der Waals surface area contributed by atoms with Gasteiger partial charge in [-0.3, -0.25) is 14.5 Å². The number of nitrogens with one attached hydrogen (secondary N) is 1. The van der Waals surface area contributed by atoms with Gasteiger partial charge < -0.3 is 9.64 Å². The predicted molar refractivity (Wildman–Crippen MR) is 140 cm³/mol. The van der Waals surface area contributed by atoms with Crippen molar-refractivity contribution in [2.45, 2.75) is 43.5 Å². The molecule has 2 fully saturated rings. The number of rotatable bonds is 6. The van der Waals surface area contributed by atoms with E-state index < -0.39 is 10.0 Å². The number of carbonyl (C=O) groups is 1. The Kier molecular flexibility index (Phi) is 7.07. The fourth-order valence-corrected chi connectivity index (χ4v) is 6.25. The second-order valence-electron chi connectivity index (χ2n) is 9.64. The number of para-hydroxylation sites is 1. The summed E-state index contributed by atoms with van der Waals surface area (Å²) in [6, 6.07) is 15.4. The van der Waals surface area contributed by atoms with E-state index in [1.54, 1.807) is 42.6 Å². The van der Waals surface area contributed by atoms with Crippen molar-refractivity contribution < 1.29 is 17.9 Å². The number of fused-ring (bicyclic) bond motifs is 1. The number of pyridine rings is 1. The Bertz CT molecular complexity index is 1370. The molecule has 2 aliphatic rings. The lowest BCUT2D eigenvalue weighted by atomic mass is 9.93. The first-order valence-electron chi connectivity index (χ1n) is 12.4. The zero-order valence-corrected chi connectivity index (χ0v) is 21.2. The molecule has 3 aromatic rings. The minimum Gasteiger partial charge on any atom is -0.381 e. The maximum atomic E-state index is 13.2. The zero-order valence-electron chi connectivity index (χ0n) is 20.4. The molecule has 1 N–H and O–H groups in total. The Hall–Kier alpha value is -3.23. The van der Waals surface area contributed by atoms with Gasteiger partial charge in [-0.05, 0) is 74.9 Å². The number of sulfonamides is 1. The molecule has 2 aromatic carbocycles. The highest BCUT2D eigenvalue weighted by atomic mass is 32.2. The van der Waals surface area contributed by atoms with E-state index in [-0.39, 0.29) is 16.8 Å². The molecule has 0 spiro atoms. The number of likely N-dealkylation sites (tertiary alicyclic amines) is 1. The largest absolute Gasteiger partial charge is 0.381 e. The molecule has 1 aromatic heterocycles. The van der Waals surface area contributed by atoms with Crippen LogP contribution in [0.3, 0.4) is 0 Å². The van der Waals surface area contributed by atoms with Crippen LogP contribution in [0.5, 0.6) is 0 Å². The highest BCUT2D eigenvalue weighted by molar-refractivity contribution is 7.93. The van der Waals surface area contributed by atoms with Crippen LogP contribution >= 0.6 is 0 Å². The molecule has 5 rings (SSSR count). The lowest BCUT2D eigenvalue weighted by Crippen LogP contribution is -2.42. The normalized spacial score (nSPS) is 21.7. The van der Waals surface area contributed by atoms with E-state index >= 15 is 0 Å². The molecule has 2 saturated heterocycles. The molecule has 2 atom stereocenters. The van der Waals surface area contributed by atoms with Gasteiger partial charge in [0.15, 0.2) is 0 Å². The highest BCUT2D eigenvalue weighted by Gasteiger charge is 2.27. The van der Waals surface area contributed by atoms with Gasteiger partial charge in [0.2, 0.25) is 0 Å². The summed E-state index contributed by atoms with van der Waals surface area (Å²) in [5.74, 6) is 0.596. The Morgan fingerprint density at radius 3 is 2.72 bits per heavy atom. The van der Waals surface area contributed by atoms with Gasteiger partial charge in [0.1, 0.15) is 4.90 Å². The third kappa shape index (κ3) is 5.29. The van der Waals surface area contributed by atoms with Crippen molar-refractivity contribution in [1.29, 1.82) is 0 Å². The number of hydrogen-bond acceptors (Lipinski definition) is 5. The first kappa shape index (κ1) is 24.5. The van der Waals surface area contributed by atoms with Crippen LogP contribution < -0.4 is 4.72 Å². The SMILES string of the molecule is C[C@H]1C/C(=C\C[C@H]2CCOC2)CCN1C(=O)c1ccc(NS(=O)(=O)c2cccc3cccnc23)cc1. The van der Waals surface area contributed by atoms with Crippen molar-refractivity contribution in [3.05, 3.63) is 78.0 Å². The van der Waals surface area contributed by atoms with Gasteiger partial charge in [-0.25, -0.2) is 8.42 Å². The summed E-state index contributed by atoms with van der Waals surface area (Å²) in [6.07, 6.45) is 7.89. The van der Waals surface area contributed by atoms with Gasteiger partial charge in [0, 0.05) is 48.6 Å². The first-order valence-corrected chi connectivity index (χ1v) is 13.9. The lowest BCUT2D eigenvalue weighted by Gasteiger charge is -2.35. The smallest absolute Gasteiger partial charge is 0.264 e. The number of amides is 1. The number of anilines is 1. The van der Waals surface area contributed by atoms with Gasteiger partial charge in [0.05, 0.1) is 5.52 Å². The number of ether oxygens (including phenoxy) is 1. The van der Waals surface area contributed by atoms with Gasteiger partial charge in [-0.15, -0.1) is 0 Å². The number of allylic oxidation sites excluding steroid dienone is 1. The topological polar surface area (TPSA) is 88.6 Å². The monoisotopic (exact) mass is 505 g/mol. The van der Waals surface area contributed by atoms with Crippen LogP contribution in [-0.4, -0.2) is 50.0 Å². The number of carbonyl (C=O) groups excluding carboxylic acids is 1. The number of benzene rings is 2. The summed E-state index contributed by atoms with van der Waals surface area (Å²) in [4.78, 5) is 19.5. The van der Waals surface area contributed by atoms with Crippen molar-refractivity contribution in [3.63, 3.8) is 0 Å². The van der Waals surface area contributed by atoms with E-state index in [0.29, 0.717) is 29.2 Å². The lowest BCUT2D eigenvalue weighted by molar-refractivity contribution is 0.0668. The van der Waals surface area contributed by atoms with Crippen LogP contribution in [0.15, 0.2) is 77.3 Å². The third-order valence-corrected chi connectivity index (χ3v) is 8.47. The minimum atomic E-state index is -3.84. The van der Waals surface area contributed by atoms with E-state index in [1.165, 1.54) is 11.6 Å². The van der Waals surface area contributed by atoms with Crippen LogP contribution in [0, 0.1) is 5.92 Å². The van der Waals surface area contributed by atoms with E-state index in [4.69, 9.17) is 4.74 Å². The number of hydrogen-bond donors (Lipinski definition) is 1. The predicted octanol–water partition coefficient (Wildman–Crippen LogP) is 5.01. The summed E-state index contributed by atoms with van der Waals surface area (Å²) >= 11 is 0. The van der Waals surface area contributed by atoms with Crippen molar-refractivity contribution >= 4 is 32.5 Å². The summed E-state index contributed by atoms with van der Waals surface area (Å²) < 4.78 is 34.2. The van der Waals surface area contributed by atoms with Crippen molar-refractivity contribution in [2.24, 2.45) is 5.92 Å². The average molecular weight is 506 g/mol. The number of piperidine rings is 1. The van der Waals surface area contributed by atoms with Crippen molar-refractivity contribution in [1.82, 2.24) is 9.88 Å². The molecule has 8 heteroatoms. The zero-order chi connectivity index (χ0) is 25.1. The molecular weight excluding hydrogens is 474 g/mol. The Morgan fingerprint density at radius 2 is 1.97 bits per heavy atom. The van der Waals surface area contributed by atoms with E-state index in [9.17, 15) is 13.2 Å². The molecule has 0 saturated carbocycles. The Balaban J connectivity index is 1.24. The van der Waals surface area contributed by atoms with E-state index in [0.717, 1.165) is 44.3 Å². The number of aromatic nitrogens is 1. The fraction of sp³-hybridized carbons (Fsp3) is 0.357. The Labute approximate surface area is 212 Å². The second-order valence-corrected chi connectivity index (χ2v) is 11.3. The maximum absolute atomic E-state index is 13.2. The molecule has 0 unspecified atom stereocenters. The van der Waals surface area contributed by atoms with Crippen molar-refractivity contribution in [3.8, 4) is 0 Å². The van der Waals surface area contributed by atoms with E-state index in [1.807, 2.05) is 17.0 Å². The van der Waals surface area contributed by atoms with Crippen molar-refractivity contribution in [2.75, 3.05) is 24.5 Å². The standard InChI is InChI=1S/C28H31N3O4S/c1-20-18-21(7-8-22-14-17-35-19-22)13-16-31(20)28(32)24-9-11-25(12-10-24)30-36(33,34)26-6-2-4-23-5-3-15-29-27(23)26/h2-7,9-12,15,20,22,30H,8,13-14,16-19H2,1H3/b21-7-/t20-,22-/m0/s1. The van der Waals surface area contributed by atoms with Gasteiger partial charge >= 0.3 is 0 Å². The first-order chi connectivity index (χ1) is 17.4. The maximum Gasteiger partial charge on any atom is 0.264 e. The number of nitrogens with zero attached hydrogens (tertiary/aromatic N) is 2. The summed E-state index contributed by atoms with van der Waals surface area (Å²) in [5, 5.41) is 0.752. The minimum absolute atomic E-state index is 0.0293. The molecule has 1 amide bonds. The Morgan fingerprint density at radius 1 is 1.17 bits per heavy atom. The molecule has 7 nitrogen and oxygen atoms in total. The molecule has 2 aliphatic heterocycles.